The summed E-state index contributed by atoms with van der Waals surface area (Å²) in [5.74, 6) is 0.503. The van der Waals surface area contributed by atoms with Crippen LogP contribution in [0.25, 0.3) is 0 Å². The molecule has 1 fully saturated rings. The van der Waals surface area contributed by atoms with Crippen molar-refractivity contribution in [2.75, 3.05) is 0 Å². The predicted octanol–water partition coefficient (Wildman–Crippen LogP) is 1.81. The van der Waals surface area contributed by atoms with Crippen LogP contribution in [0.5, 0.6) is 0 Å². The fourth-order valence-electron chi connectivity index (χ4n) is 0.416. The van der Waals surface area contributed by atoms with Gasteiger partial charge in [-0.05, 0) is 18.8 Å². The minimum Gasteiger partial charge on any atom is -0.393 e. The summed E-state index contributed by atoms with van der Waals surface area (Å²) in [6, 6.07) is 0. The van der Waals surface area contributed by atoms with E-state index in [1.807, 2.05) is 6.21 Å². The molecule has 2 heteroatoms. The Morgan fingerprint density at radius 3 is 2.67 bits per heavy atom. The van der Waals surface area contributed by atoms with E-state index < -0.39 is 0 Å². The molecule has 0 radical (unpaired) electrons. The van der Waals surface area contributed by atoms with Gasteiger partial charge in [0.05, 0.1) is 0 Å². The van der Waals surface area contributed by atoms with Crippen molar-refractivity contribution in [3.8, 4) is 0 Å². The third kappa shape index (κ3) is 3.12. The van der Waals surface area contributed by atoms with Crippen LogP contribution >= 0.6 is 0 Å². The van der Waals surface area contributed by atoms with Crippen molar-refractivity contribution in [2.24, 2.45) is 11.1 Å². The Bertz CT molecular complexity index is 105. The maximum absolute atomic E-state index is 5.03. The lowest BCUT2D eigenvalue weighted by Gasteiger charge is -1.93. The van der Waals surface area contributed by atoms with Crippen molar-refractivity contribution in [3.05, 3.63) is 0 Å². The quantitative estimate of drug-likeness (QED) is 0.418. The van der Waals surface area contributed by atoms with E-state index in [0.29, 0.717) is 12.0 Å². The normalized spacial score (nSPS) is 19.4. The van der Waals surface area contributed by atoms with Crippen LogP contribution in [0.1, 0.15) is 26.7 Å². The van der Waals surface area contributed by atoms with Crippen LogP contribution < -0.4 is 0 Å². The molecule has 0 aromatic heterocycles. The van der Waals surface area contributed by atoms with Crippen molar-refractivity contribution in [1.82, 2.24) is 0 Å². The zero-order valence-corrected chi connectivity index (χ0v) is 6.00. The second kappa shape index (κ2) is 2.85. The summed E-state index contributed by atoms with van der Waals surface area (Å²) < 4.78 is 0. The average molecular weight is 127 g/mol. The van der Waals surface area contributed by atoms with Gasteiger partial charge in [-0.2, -0.15) is 0 Å². The predicted molar refractivity (Wildman–Crippen MR) is 37.4 cm³/mol. The largest absolute Gasteiger partial charge is 0.393 e. The van der Waals surface area contributed by atoms with Crippen molar-refractivity contribution in [1.29, 1.82) is 0 Å². The highest BCUT2D eigenvalue weighted by molar-refractivity contribution is 5.58. The molecular formula is C7H13NO. The number of nitrogens with zero attached hydrogens (tertiary/aromatic N) is 1. The second-order valence-corrected chi connectivity index (χ2v) is 2.80. The van der Waals surface area contributed by atoms with E-state index in [1.165, 1.54) is 12.8 Å². The highest BCUT2D eigenvalue weighted by Crippen LogP contribution is 2.23. The van der Waals surface area contributed by atoms with Gasteiger partial charge in [-0.25, -0.2) is 0 Å². The fraction of sp³-hybridized carbons (Fsp3) is 0.857. The standard InChI is InChI=1S/C7H13NO/c1-6(2)5-8-9-7-3-4-7/h5-7H,3-4H2,1-2H3/b8-5+. The molecule has 52 valence electrons. The topological polar surface area (TPSA) is 21.6 Å². The van der Waals surface area contributed by atoms with E-state index in [2.05, 4.69) is 19.0 Å². The number of hydrogen-bond donors (Lipinski definition) is 0. The van der Waals surface area contributed by atoms with Gasteiger partial charge in [0.25, 0.3) is 0 Å². The molecule has 1 aliphatic carbocycles. The van der Waals surface area contributed by atoms with Gasteiger partial charge >= 0.3 is 0 Å². The van der Waals surface area contributed by atoms with E-state index in [1.54, 1.807) is 0 Å². The van der Waals surface area contributed by atoms with E-state index in [4.69, 9.17) is 4.84 Å². The smallest absolute Gasteiger partial charge is 0.127 e. The van der Waals surface area contributed by atoms with Gasteiger partial charge in [0.2, 0.25) is 0 Å². The monoisotopic (exact) mass is 127 g/mol. The molecule has 0 saturated heterocycles. The molecule has 2 nitrogen and oxygen atoms in total. The first-order chi connectivity index (χ1) is 4.29. The van der Waals surface area contributed by atoms with Crippen LogP contribution in [-0.2, 0) is 4.84 Å². The highest BCUT2D eigenvalue weighted by Gasteiger charge is 2.23. The molecule has 1 saturated carbocycles. The highest BCUT2D eigenvalue weighted by atomic mass is 16.6. The molecule has 1 aliphatic rings. The van der Waals surface area contributed by atoms with Crippen molar-refractivity contribution in [3.63, 3.8) is 0 Å². The van der Waals surface area contributed by atoms with E-state index >= 15 is 0 Å². The van der Waals surface area contributed by atoms with Gasteiger partial charge in [-0.15, -0.1) is 0 Å². The first-order valence-corrected chi connectivity index (χ1v) is 3.48. The summed E-state index contributed by atoms with van der Waals surface area (Å²) in [7, 11) is 0. The first kappa shape index (κ1) is 6.59. The van der Waals surface area contributed by atoms with Gasteiger partial charge in [0.15, 0.2) is 0 Å². The summed E-state index contributed by atoms with van der Waals surface area (Å²) in [5, 5.41) is 3.81. The Hall–Kier alpha value is -0.530. The Kier molecular flexibility index (Phi) is 2.09. The molecule has 0 unspecified atom stereocenters. The molecule has 0 aromatic rings. The van der Waals surface area contributed by atoms with Crippen LogP contribution in [0, 0.1) is 5.92 Å². The van der Waals surface area contributed by atoms with Gasteiger partial charge in [-0.3, -0.25) is 0 Å². The van der Waals surface area contributed by atoms with Gasteiger partial charge in [-0.1, -0.05) is 19.0 Å². The minimum absolute atomic E-state index is 0.444. The summed E-state index contributed by atoms with van der Waals surface area (Å²) in [6.45, 7) is 4.17. The van der Waals surface area contributed by atoms with Crippen LogP contribution in [-0.4, -0.2) is 12.3 Å². The molecule has 0 spiro atoms. The van der Waals surface area contributed by atoms with Gasteiger partial charge in [0.1, 0.15) is 6.10 Å². The first-order valence-electron chi connectivity index (χ1n) is 3.48. The SMILES string of the molecule is CC(C)/C=N/OC1CC1. The third-order valence-corrected chi connectivity index (χ3v) is 1.09. The lowest BCUT2D eigenvalue weighted by molar-refractivity contribution is 0.129. The molecular weight excluding hydrogens is 114 g/mol. The molecule has 0 amide bonds. The van der Waals surface area contributed by atoms with E-state index in [-0.39, 0.29) is 0 Å². The van der Waals surface area contributed by atoms with Crippen molar-refractivity contribution >= 4 is 6.21 Å². The summed E-state index contributed by atoms with van der Waals surface area (Å²) in [6.07, 6.45) is 4.66. The Balaban J connectivity index is 2.01. The maximum atomic E-state index is 5.03. The van der Waals surface area contributed by atoms with Crippen molar-refractivity contribution in [2.45, 2.75) is 32.8 Å². The maximum Gasteiger partial charge on any atom is 0.127 e. The zero-order chi connectivity index (χ0) is 6.69. The fourth-order valence-corrected chi connectivity index (χ4v) is 0.416. The molecule has 0 aromatic carbocycles. The number of oxime groups is 1. The van der Waals surface area contributed by atoms with Crippen LogP contribution in [0.3, 0.4) is 0 Å². The third-order valence-electron chi connectivity index (χ3n) is 1.09. The number of rotatable bonds is 3. The summed E-state index contributed by atoms with van der Waals surface area (Å²) in [5.41, 5.74) is 0. The average Bonchev–Trinajstić information content (AvgIpc) is 2.48. The van der Waals surface area contributed by atoms with Gasteiger partial charge < -0.3 is 4.84 Å². The van der Waals surface area contributed by atoms with E-state index in [0.717, 1.165) is 0 Å². The Morgan fingerprint density at radius 2 is 2.22 bits per heavy atom. The molecule has 0 aliphatic heterocycles. The Morgan fingerprint density at radius 1 is 1.56 bits per heavy atom. The van der Waals surface area contributed by atoms with Crippen LogP contribution in [0.15, 0.2) is 5.16 Å². The van der Waals surface area contributed by atoms with Crippen molar-refractivity contribution < 1.29 is 4.84 Å². The minimum atomic E-state index is 0.444. The number of hydrogen-bond acceptors (Lipinski definition) is 2. The Labute approximate surface area is 55.9 Å². The van der Waals surface area contributed by atoms with E-state index in [9.17, 15) is 0 Å². The molecule has 0 N–H and O–H groups in total. The molecule has 0 heterocycles. The molecule has 9 heavy (non-hydrogen) atoms. The lowest BCUT2D eigenvalue weighted by Crippen LogP contribution is -1.90. The molecule has 0 atom stereocenters. The lowest BCUT2D eigenvalue weighted by atomic mass is 10.3. The summed E-state index contributed by atoms with van der Waals surface area (Å²) in [4.78, 5) is 5.03. The van der Waals surface area contributed by atoms with Gasteiger partial charge in [0, 0.05) is 6.21 Å². The van der Waals surface area contributed by atoms with Crippen LogP contribution in [0.2, 0.25) is 0 Å². The molecule has 0 bridgehead atoms. The zero-order valence-electron chi connectivity index (χ0n) is 6.00. The molecule has 1 rings (SSSR count). The summed E-state index contributed by atoms with van der Waals surface area (Å²) >= 11 is 0. The second-order valence-electron chi connectivity index (χ2n) is 2.80. The van der Waals surface area contributed by atoms with Crippen LogP contribution in [0.4, 0.5) is 0 Å².